The zero-order chi connectivity index (χ0) is 17.5. The molecule has 2 aromatic rings. The van der Waals surface area contributed by atoms with Gasteiger partial charge in [0.2, 0.25) is 0 Å². The molecular formula is C19H20O5. The van der Waals surface area contributed by atoms with Gasteiger partial charge in [-0.2, -0.15) is 0 Å². The van der Waals surface area contributed by atoms with E-state index in [1.165, 1.54) is 7.11 Å². The quantitative estimate of drug-likeness (QED) is 0.573. The lowest BCUT2D eigenvalue weighted by atomic mass is 10.1. The molecular weight excluding hydrogens is 308 g/mol. The van der Waals surface area contributed by atoms with Gasteiger partial charge in [0.15, 0.2) is 29.3 Å². The molecule has 5 nitrogen and oxygen atoms in total. The summed E-state index contributed by atoms with van der Waals surface area (Å²) in [5, 5.41) is 0. The molecule has 0 heterocycles. The molecule has 0 radical (unpaired) electrons. The van der Waals surface area contributed by atoms with Crippen LogP contribution in [0.1, 0.15) is 21.5 Å². The van der Waals surface area contributed by atoms with Crippen LogP contribution in [0.25, 0.3) is 12.2 Å². The molecule has 0 fully saturated rings. The third-order valence-corrected chi connectivity index (χ3v) is 3.58. The fourth-order valence-corrected chi connectivity index (χ4v) is 2.30. The molecule has 5 heteroatoms. The van der Waals surface area contributed by atoms with Crippen LogP contribution in [0.2, 0.25) is 0 Å². The molecule has 0 aliphatic heterocycles. The van der Waals surface area contributed by atoms with Crippen molar-refractivity contribution in [3.63, 3.8) is 0 Å². The third kappa shape index (κ3) is 3.68. The highest BCUT2D eigenvalue weighted by Crippen LogP contribution is 2.32. The van der Waals surface area contributed by atoms with Gasteiger partial charge >= 0.3 is 0 Å². The molecule has 0 atom stereocenters. The molecule has 24 heavy (non-hydrogen) atoms. The van der Waals surface area contributed by atoms with Gasteiger partial charge in [0.25, 0.3) is 0 Å². The van der Waals surface area contributed by atoms with E-state index < -0.39 is 0 Å². The highest BCUT2D eigenvalue weighted by Gasteiger charge is 2.09. The van der Waals surface area contributed by atoms with Crippen LogP contribution in [-0.2, 0) is 0 Å². The maximum absolute atomic E-state index is 11.3. The van der Waals surface area contributed by atoms with E-state index in [0.717, 1.165) is 17.4 Å². The van der Waals surface area contributed by atoms with E-state index >= 15 is 0 Å². The summed E-state index contributed by atoms with van der Waals surface area (Å²) in [4.78, 5) is 11.3. The van der Waals surface area contributed by atoms with E-state index in [9.17, 15) is 4.79 Å². The minimum atomic E-state index is 0.517. The maximum atomic E-state index is 11.3. The van der Waals surface area contributed by atoms with Gasteiger partial charge in [-0.25, -0.2) is 0 Å². The molecule has 0 saturated heterocycles. The van der Waals surface area contributed by atoms with E-state index in [1.807, 2.05) is 30.4 Å². The third-order valence-electron chi connectivity index (χ3n) is 3.58. The van der Waals surface area contributed by atoms with Crippen molar-refractivity contribution < 1.29 is 23.7 Å². The van der Waals surface area contributed by atoms with Crippen LogP contribution < -0.4 is 18.9 Å². The summed E-state index contributed by atoms with van der Waals surface area (Å²) in [7, 11) is 6.27. The van der Waals surface area contributed by atoms with Gasteiger partial charge in [-0.05, 0) is 35.4 Å². The summed E-state index contributed by atoms with van der Waals surface area (Å²) in [5.41, 5.74) is 2.17. The van der Waals surface area contributed by atoms with Gasteiger partial charge in [-0.15, -0.1) is 0 Å². The van der Waals surface area contributed by atoms with E-state index in [1.54, 1.807) is 33.5 Å². The van der Waals surface area contributed by atoms with Crippen LogP contribution in [0, 0.1) is 0 Å². The second kappa shape index (κ2) is 8.06. The van der Waals surface area contributed by atoms with E-state index in [4.69, 9.17) is 18.9 Å². The summed E-state index contributed by atoms with van der Waals surface area (Å²) >= 11 is 0. The fraction of sp³-hybridized carbons (Fsp3) is 0.211. The molecule has 0 aliphatic carbocycles. The first kappa shape index (κ1) is 17.4. The zero-order valence-electron chi connectivity index (χ0n) is 14.2. The first-order valence-electron chi connectivity index (χ1n) is 7.28. The first-order chi connectivity index (χ1) is 11.7. The van der Waals surface area contributed by atoms with Crippen molar-refractivity contribution in [3.05, 3.63) is 47.0 Å². The molecule has 0 bridgehead atoms. The Labute approximate surface area is 141 Å². The summed E-state index contributed by atoms with van der Waals surface area (Å²) in [5.74, 6) is 2.38. The molecule has 0 aliphatic rings. The number of aldehydes is 1. The monoisotopic (exact) mass is 328 g/mol. The highest BCUT2D eigenvalue weighted by atomic mass is 16.5. The summed E-state index contributed by atoms with van der Waals surface area (Å²) < 4.78 is 21.0. The summed E-state index contributed by atoms with van der Waals surface area (Å²) in [6.07, 6.45) is 4.51. The number of methoxy groups -OCH3 is 4. The largest absolute Gasteiger partial charge is 0.493 e. The van der Waals surface area contributed by atoms with Crippen molar-refractivity contribution in [2.24, 2.45) is 0 Å². The van der Waals surface area contributed by atoms with Gasteiger partial charge in [-0.1, -0.05) is 18.2 Å². The van der Waals surface area contributed by atoms with Crippen molar-refractivity contribution in [2.45, 2.75) is 0 Å². The minimum absolute atomic E-state index is 0.517. The zero-order valence-corrected chi connectivity index (χ0v) is 14.2. The van der Waals surface area contributed by atoms with Crippen molar-refractivity contribution in [2.75, 3.05) is 28.4 Å². The molecule has 126 valence electrons. The Bertz CT molecular complexity index is 750. The normalized spacial score (nSPS) is 10.5. The van der Waals surface area contributed by atoms with Gasteiger partial charge in [-0.3, -0.25) is 4.79 Å². The number of hydrogen-bond donors (Lipinski definition) is 0. The summed E-state index contributed by atoms with van der Waals surface area (Å²) in [6.45, 7) is 0. The number of hydrogen-bond acceptors (Lipinski definition) is 5. The standard InChI is InChI=1S/C19H20O5/c1-21-16-8-6-13(9-17(16)22-2)5-7-14-10-18(23-3)19(24-4)11-15(14)12-20/h5-12H,1-4H3/b7-5+. The second-order valence-electron chi connectivity index (χ2n) is 4.90. The predicted octanol–water partition coefficient (Wildman–Crippen LogP) is 3.70. The van der Waals surface area contributed by atoms with Crippen molar-refractivity contribution in [3.8, 4) is 23.0 Å². The Morgan fingerprint density at radius 3 is 1.75 bits per heavy atom. The van der Waals surface area contributed by atoms with Crippen LogP contribution in [0.15, 0.2) is 30.3 Å². The first-order valence-corrected chi connectivity index (χ1v) is 7.28. The number of carbonyl (C=O) groups excluding carboxylic acids is 1. The number of benzene rings is 2. The predicted molar refractivity (Wildman–Crippen MR) is 93.4 cm³/mol. The summed E-state index contributed by atoms with van der Waals surface area (Å²) in [6, 6.07) is 9.00. The average Bonchev–Trinajstić information content (AvgIpc) is 2.65. The Hall–Kier alpha value is -2.95. The van der Waals surface area contributed by atoms with Gasteiger partial charge in [0.1, 0.15) is 0 Å². The van der Waals surface area contributed by atoms with Crippen LogP contribution >= 0.6 is 0 Å². The highest BCUT2D eigenvalue weighted by molar-refractivity contribution is 5.86. The van der Waals surface area contributed by atoms with Crippen molar-refractivity contribution >= 4 is 18.4 Å². The van der Waals surface area contributed by atoms with Crippen LogP contribution in [0.5, 0.6) is 23.0 Å². The number of carbonyl (C=O) groups is 1. The van der Waals surface area contributed by atoms with Gasteiger partial charge < -0.3 is 18.9 Å². The van der Waals surface area contributed by atoms with Crippen LogP contribution in [0.4, 0.5) is 0 Å². The SMILES string of the molecule is COc1ccc(/C=C/c2cc(OC)c(OC)cc2C=O)cc1OC. The molecule has 0 N–H and O–H groups in total. The molecule has 0 amide bonds. The topological polar surface area (TPSA) is 54.0 Å². The lowest BCUT2D eigenvalue weighted by Crippen LogP contribution is -1.95. The van der Waals surface area contributed by atoms with E-state index in [-0.39, 0.29) is 0 Å². The average molecular weight is 328 g/mol. The maximum Gasteiger partial charge on any atom is 0.161 e. The van der Waals surface area contributed by atoms with Crippen molar-refractivity contribution in [1.82, 2.24) is 0 Å². The molecule has 0 spiro atoms. The van der Waals surface area contributed by atoms with Crippen molar-refractivity contribution in [1.29, 1.82) is 0 Å². The van der Waals surface area contributed by atoms with Gasteiger partial charge in [0, 0.05) is 5.56 Å². The molecule has 0 unspecified atom stereocenters. The van der Waals surface area contributed by atoms with E-state index in [0.29, 0.717) is 28.6 Å². The Balaban J connectivity index is 2.39. The number of ether oxygens (including phenoxy) is 4. The second-order valence-corrected chi connectivity index (χ2v) is 4.90. The van der Waals surface area contributed by atoms with E-state index in [2.05, 4.69) is 0 Å². The fourth-order valence-electron chi connectivity index (χ4n) is 2.30. The Morgan fingerprint density at radius 2 is 1.21 bits per heavy atom. The molecule has 0 aromatic heterocycles. The van der Waals surface area contributed by atoms with Crippen LogP contribution in [0.3, 0.4) is 0 Å². The van der Waals surface area contributed by atoms with Crippen LogP contribution in [-0.4, -0.2) is 34.7 Å². The molecule has 2 aromatic carbocycles. The Morgan fingerprint density at radius 1 is 0.667 bits per heavy atom. The molecule has 2 rings (SSSR count). The lowest BCUT2D eigenvalue weighted by Gasteiger charge is -2.10. The number of rotatable bonds is 7. The smallest absolute Gasteiger partial charge is 0.161 e. The molecule has 0 saturated carbocycles. The van der Waals surface area contributed by atoms with Gasteiger partial charge in [0.05, 0.1) is 28.4 Å². The lowest BCUT2D eigenvalue weighted by molar-refractivity contribution is 0.112. The minimum Gasteiger partial charge on any atom is -0.493 e. The Kier molecular flexibility index (Phi) is 5.84.